The molecule has 1 rings (SSSR count). The zero-order valence-electron chi connectivity index (χ0n) is 11.6. The van der Waals surface area contributed by atoms with Crippen LogP contribution in [-0.4, -0.2) is 17.1 Å². The predicted octanol–water partition coefficient (Wildman–Crippen LogP) is 3.57. The molecule has 0 aliphatic heterocycles. The van der Waals surface area contributed by atoms with Crippen LogP contribution in [0, 0.1) is 12.3 Å². The van der Waals surface area contributed by atoms with Crippen molar-refractivity contribution in [1.82, 2.24) is 10.3 Å². The lowest BCUT2D eigenvalue weighted by molar-refractivity contribution is 0.322. The topological polar surface area (TPSA) is 24.9 Å². The molecule has 0 amide bonds. The Kier molecular flexibility index (Phi) is 4.50. The van der Waals surface area contributed by atoms with E-state index in [-0.39, 0.29) is 11.0 Å². The van der Waals surface area contributed by atoms with Crippen LogP contribution >= 0.6 is 11.3 Å². The number of thiazole rings is 1. The zero-order valence-corrected chi connectivity index (χ0v) is 12.4. The molecule has 1 unspecified atom stereocenters. The predicted molar refractivity (Wildman–Crippen MR) is 76.6 cm³/mol. The second kappa shape index (κ2) is 5.32. The molecule has 0 spiro atoms. The second-order valence-corrected chi connectivity index (χ2v) is 6.96. The molecule has 1 N–H and O–H groups in total. The largest absolute Gasteiger partial charge is 0.311 e. The van der Waals surface area contributed by atoms with Gasteiger partial charge in [-0.05, 0) is 27.7 Å². The van der Waals surface area contributed by atoms with Gasteiger partial charge >= 0.3 is 0 Å². The minimum Gasteiger partial charge on any atom is -0.311 e. The summed E-state index contributed by atoms with van der Waals surface area (Å²) >= 11 is 1.74. The average Bonchev–Trinajstić information content (AvgIpc) is 2.60. The lowest BCUT2D eigenvalue weighted by Gasteiger charge is -2.30. The van der Waals surface area contributed by atoms with E-state index in [2.05, 4.69) is 50.0 Å². The van der Waals surface area contributed by atoms with Gasteiger partial charge in [0.1, 0.15) is 0 Å². The van der Waals surface area contributed by atoms with E-state index < -0.39 is 0 Å². The van der Waals surface area contributed by atoms with Gasteiger partial charge in [0.05, 0.1) is 5.01 Å². The Morgan fingerprint density at radius 2 is 2.06 bits per heavy atom. The van der Waals surface area contributed by atoms with Crippen molar-refractivity contribution in [3.8, 4) is 0 Å². The van der Waals surface area contributed by atoms with E-state index >= 15 is 0 Å². The Morgan fingerprint density at radius 1 is 1.41 bits per heavy atom. The molecular weight excluding hydrogens is 228 g/mol. The van der Waals surface area contributed by atoms with Crippen molar-refractivity contribution in [2.24, 2.45) is 5.41 Å². The standard InChI is InChI=1S/C14H24N2S/c1-7-14(6,10-15-13(3,4)5)8-12-16-11(2)9-17-12/h7,9,15H,1,8,10H2,2-6H3. The third-order valence-electron chi connectivity index (χ3n) is 2.74. The number of aryl methyl sites for hydroxylation is 1. The van der Waals surface area contributed by atoms with Crippen molar-refractivity contribution in [2.45, 2.75) is 46.6 Å². The highest BCUT2D eigenvalue weighted by atomic mass is 32.1. The average molecular weight is 252 g/mol. The molecule has 1 atom stereocenters. The summed E-state index contributed by atoms with van der Waals surface area (Å²) in [6.07, 6.45) is 3.00. The fourth-order valence-corrected chi connectivity index (χ4v) is 2.47. The molecule has 0 radical (unpaired) electrons. The molecule has 1 heterocycles. The Morgan fingerprint density at radius 3 is 2.47 bits per heavy atom. The molecule has 0 bridgehead atoms. The number of hydrogen-bond donors (Lipinski definition) is 1. The van der Waals surface area contributed by atoms with Gasteiger partial charge in [0.25, 0.3) is 0 Å². The van der Waals surface area contributed by atoms with Gasteiger partial charge in [-0.2, -0.15) is 0 Å². The minimum atomic E-state index is 0.0670. The maximum atomic E-state index is 4.53. The summed E-state index contributed by atoms with van der Waals surface area (Å²) < 4.78 is 0. The van der Waals surface area contributed by atoms with Crippen LogP contribution < -0.4 is 5.32 Å². The van der Waals surface area contributed by atoms with Crippen molar-refractivity contribution in [2.75, 3.05) is 6.54 Å². The lowest BCUT2D eigenvalue weighted by Crippen LogP contribution is -2.43. The van der Waals surface area contributed by atoms with E-state index in [0.717, 1.165) is 18.7 Å². The van der Waals surface area contributed by atoms with Crippen LogP contribution in [0.15, 0.2) is 18.0 Å². The summed E-state index contributed by atoms with van der Waals surface area (Å²) in [7, 11) is 0. The van der Waals surface area contributed by atoms with Gasteiger partial charge in [-0.15, -0.1) is 17.9 Å². The first-order valence-electron chi connectivity index (χ1n) is 6.04. The Labute approximate surface area is 109 Å². The lowest BCUT2D eigenvalue weighted by atomic mass is 9.86. The highest BCUT2D eigenvalue weighted by Crippen LogP contribution is 2.25. The van der Waals surface area contributed by atoms with Crippen LogP contribution in [0.3, 0.4) is 0 Å². The number of rotatable bonds is 5. The maximum Gasteiger partial charge on any atom is 0.0937 e. The molecule has 0 saturated heterocycles. The highest BCUT2D eigenvalue weighted by Gasteiger charge is 2.24. The third-order valence-corrected chi connectivity index (χ3v) is 3.70. The van der Waals surface area contributed by atoms with E-state index in [0.29, 0.717) is 0 Å². The highest BCUT2D eigenvalue weighted by molar-refractivity contribution is 7.09. The van der Waals surface area contributed by atoms with Gasteiger partial charge in [-0.3, -0.25) is 0 Å². The molecule has 96 valence electrons. The van der Waals surface area contributed by atoms with Gasteiger partial charge in [-0.1, -0.05) is 13.0 Å². The van der Waals surface area contributed by atoms with Gasteiger partial charge < -0.3 is 5.32 Å². The summed E-state index contributed by atoms with van der Waals surface area (Å²) in [6, 6.07) is 0. The van der Waals surface area contributed by atoms with Crippen LogP contribution in [0.25, 0.3) is 0 Å². The first-order valence-corrected chi connectivity index (χ1v) is 6.92. The normalized spacial score (nSPS) is 15.6. The van der Waals surface area contributed by atoms with Crippen molar-refractivity contribution < 1.29 is 0 Å². The van der Waals surface area contributed by atoms with Crippen LogP contribution in [0.1, 0.15) is 38.4 Å². The molecule has 0 aliphatic carbocycles. The summed E-state index contributed by atoms with van der Waals surface area (Å²) in [6.45, 7) is 15.7. The van der Waals surface area contributed by atoms with Crippen LogP contribution in [-0.2, 0) is 6.42 Å². The minimum absolute atomic E-state index is 0.0670. The molecule has 1 aromatic heterocycles. The number of nitrogens with zero attached hydrogens (tertiary/aromatic N) is 1. The zero-order chi connectivity index (χ0) is 13.1. The third kappa shape index (κ3) is 5.00. The van der Waals surface area contributed by atoms with Crippen molar-refractivity contribution in [1.29, 1.82) is 0 Å². The Bertz CT molecular complexity index is 376. The quantitative estimate of drug-likeness (QED) is 0.810. The van der Waals surface area contributed by atoms with Crippen molar-refractivity contribution in [3.05, 3.63) is 28.7 Å². The number of aromatic nitrogens is 1. The van der Waals surface area contributed by atoms with E-state index in [1.165, 1.54) is 5.01 Å². The van der Waals surface area contributed by atoms with Crippen LogP contribution in [0.2, 0.25) is 0 Å². The fraction of sp³-hybridized carbons (Fsp3) is 0.643. The maximum absolute atomic E-state index is 4.53. The molecule has 17 heavy (non-hydrogen) atoms. The monoisotopic (exact) mass is 252 g/mol. The molecule has 0 saturated carbocycles. The van der Waals surface area contributed by atoms with Crippen molar-refractivity contribution in [3.63, 3.8) is 0 Å². The van der Waals surface area contributed by atoms with E-state index in [9.17, 15) is 0 Å². The SMILES string of the molecule is C=CC(C)(CNC(C)(C)C)Cc1nc(C)cs1. The second-order valence-electron chi connectivity index (χ2n) is 6.02. The first-order chi connectivity index (χ1) is 7.74. The summed E-state index contributed by atoms with van der Waals surface area (Å²) in [4.78, 5) is 4.53. The van der Waals surface area contributed by atoms with E-state index in [1.807, 2.05) is 13.0 Å². The van der Waals surface area contributed by atoms with Crippen molar-refractivity contribution >= 4 is 11.3 Å². The summed E-state index contributed by atoms with van der Waals surface area (Å²) in [5, 5.41) is 6.85. The molecule has 2 nitrogen and oxygen atoms in total. The molecule has 0 fully saturated rings. The van der Waals surface area contributed by atoms with Gasteiger partial charge in [0, 0.05) is 35.0 Å². The summed E-state index contributed by atoms with van der Waals surface area (Å²) in [5.41, 5.74) is 1.32. The Hall–Kier alpha value is -0.670. The molecular formula is C14H24N2S. The smallest absolute Gasteiger partial charge is 0.0937 e. The van der Waals surface area contributed by atoms with E-state index in [4.69, 9.17) is 0 Å². The fourth-order valence-electron chi connectivity index (χ4n) is 1.50. The number of hydrogen-bond acceptors (Lipinski definition) is 3. The molecule has 0 aromatic carbocycles. The van der Waals surface area contributed by atoms with E-state index in [1.54, 1.807) is 11.3 Å². The molecule has 1 aromatic rings. The van der Waals surface area contributed by atoms with Gasteiger partial charge in [0.15, 0.2) is 0 Å². The first kappa shape index (κ1) is 14.4. The number of nitrogens with one attached hydrogen (secondary N) is 1. The van der Waals surface area contributed by atoms with Crippen LogP contribution in [0.4, 0.5) is 0 Å². The Balaban J connectivity index is 2.65. The molecule has 3 heteroatoms. The van der Waals surface area contributed by atoms with Crippen LogP contribution in [0.5, 0.6) is 0 Å². The van der Waals surface area contributed by atoms with Gasteiger partial charge in [-0.25, -0.2) is 4.98 Å². The molecule has 0 aliphatic rings. The summed E-state index contributed by atoms with van der Waals surface area (Å²) in [5.74, 6) is 0. The van der Waals surface area contributed by atoms with Gasteiger partial charge in [0.2, 0.25) is 0 Å².